The Hall–Kier alpha value is -0.390. The number of hydrogen-bond acceptors (Lipinski definition) is 3. The molecule has 43 heavy (non-hydrogen) atoms. The molecule has 0 bridgehead atoms. The van der Waals surface area contributed by atoms with E-state index in [1.807, 2.05) is 6.07 Å². The molecule has 0 aliphatic carbocycles. The fourth-order valence-corrected chi connectivity index (χ4v) is 7.25. The largest absolute Gasteiger partial charge is 1.00 e. The molecular weight excluding hydrogens is 559 g/mol. The zero-order chi connectivity index (χ0) is 30.3. The molecule has 0 aromatic heterocycles. The van der Waals surface area contributed by atoms with Gasteiger partial charge in [-0.25, -0.2) is 8.42 Å². The predicted octanol–water partition coefficient (Wildman–Crippen LogP) is 9.24. The Morgan fingerprint density at radius 2 is 0.907 bits per heavy atom. The van der Waals surface area contributed by atoms with Crippen molar-refractivity contribution in [1.82, 2.24) is 0 Å². The van der Waals surface area contributed by atoms with Gasteiger partial charge in [-0.15, -0.1) is 0 Å². The molecule has 0 atom stereocenters. The van der Waals surface area contributed by atoms with Gasteiger partial charge in [-0.3, -0.25) is 0 Å². The quantitative estimate of drug-likeness (QED) is 0.0567. The first-order chi connectivity index (χ1) is 20.5. The van der Waals surface area contributed by atoms with E-state index < -0.39 is 10.1 Å². The van der Waals surface area contributed by atoms with Crippen LogP contribution in [0.4, 0.5) is 0 Å². The molecule has 0 N–H and O–H groups in total. The van der Waals surface area contributed by atoms with Gasteiger partial charge in [0.25, 0.3) is 0 Å². The molecule has 0 aliphatic rings. The average Bonchev–Trinajstić information content (AvgIpc) is 2.97. The average molecular weight is 623 g/mol. The molecule has 0 spiro atoms. The number of rotatable bonds is 27. The van der Waals surface area contributed by atoms with Gasteiger partial charge in [0.1, 0.15) is 10.1 Å². The normalized spacial score (nSPS) is 11.7. The van der Waals surface area contributed by atoms with Gasteiger partial charge < -0.3 is 4.55 Å². The monoisotopic (exact) mass is 622 g/mol. The molecule has 2 rings (SSSR count). The van der Waals surface area contributed by atoms with E-state index in [1.54, 1.807) is 6.07 Å². The first kappa shape index (κ1) is 40.6. The molecule has 0 saturated carbocycles. The van der Waals surface area contributed by atoms with Crippen molar-refractivity contribution in [2.45, 2.75) is 186 Å². The number of fused-ring (bicyclic) bond motifs is 1. The third-order valence-electron chi connectivity index (χ3n) is 9.05. The van der Waals surface area contributed by atoms with Crippen LogP contribution in [0.1, 0.15) is 179 Å². The molecule has 3 nitrogen and oxygen atoms in total. The number of unbranched alkanes of at least 4 members (excludes halogenated alkanes) is 22. The van der Waals surface area contributed by atoms with Gasteiger partial charge in [-0.1, -0.05) is 179 Å². The van der Waals surface area contributed by atoms with Crippen LogP contribution in [0, 0.1) is 0 Å². The van der Waals surface area contributed by atoms with Crippen LogP contribution in [0.15, 0.2) is 35.2 Å². The summed E-state index contributed by atoms with van der Waals surface area (Å²) in [6.07, 6.45) is 32.7. The molecule has 2 aromatic rings. The van der Waals surface area contributed by atoms with Crippen LogP contribution in [-0.4, -0.2) is 13.0 Å². The molecule has 240 valence electrons. The van der Waals surface area contributed by atoms with Gasteiger partial charge in [0.2, 0.25) is 0 Å². The van der Waals surface area contributed by atoms with Gasteiger partial charge >= 0.3 is 29.6 Å². The van der Waals surface area contributed by atoms with Crippen LogP contribution in [0.3, 0.4) is 0 Å². The van der Waals surface area contributed by atoms with Gasteiger partial charge in [-0.05, 0) is 53.6 Å². The van der Waals surface area contributed by atoms with E-state index in [0.29, 0.717) is 6.42 Å². The van der Waals surface area contributed by atoms with E-state index >= 15 is 0 Å². The van der Waals surface area contributed by atoms with E-state index in [4.69, 9.17) is 0 Å². The molecule has 0 aliphatic heterocycles. The fourth-order valence-electron chi connectivity index (χ4n) is 6.51. The van der Waals surface area contributed by atoms with Crippen molar-refractivity contribution in [3.8, 4) is 0 Å². The minimum absolute atomic E-state index is 0. The van der Waals surface area contributed by atoms with E-state index in [1.165, 1.54) is 140 Å². The topological polar surface area (TPSA) is 57.2 Å². The van der Waals surface area contributed by atoms with Crippen molar-refractivity contribution in [3.63, 3.8) is 0 Å². The maximum absolute atomic E-state index is 12.2. The second-order valence-electron chi connectivity index (χ2n) is 12.8. The minimum Gasteiger partial charge on any atom is -0.744 e. The zero-order valence-corrected chi connectivity index (χ0v) is 31.2. The first-order valence-corrected chi connectivity index (χ1v) is 19.4. The summed E-state index contributed by atoms with van der Waals surface area (Å²) in [5.41, 5.74) is 1.98. The van der Waals surface area contributed by atoms with Gasteiger partial charge in [0.05, 0.1) is 4.90 Å². The minimum atomic E-state index is -4.51. The molecule has 0 heterocycles. The standard InChI is InChI=1S/C38H64O3S.Na/c1-3-5-7-9-11-13-15-17-19-21-23-25-28-34-29-27-30-35-32-33-37(42(39,40)41)36(38(34)35)31-26-24-22-20-18-16-14-12-10-8-6-4-2;/h27,29-30,32-33H,3-26,28,31H2,1-2H3,(H,39,40,41);/q;+1/p-1. The first-order valence-electron chi connectivity index (χ1n) is 18.0. The second-order valence-corrected chi connectivity index (χ2v) is 14.1. The summed E-state index contributed by atoms with van der Waals surface area (Å²) in [5, 5.41) is 2.09. The number of hydrogen-bond donors (Lipinski definition) is 0. The number of aryl methyl sites for hydroxylation is 2. The summed E-state index contributed by atoms with van der Waals surface area (Å²) in [4.78, 5) is 0.000201. The van der Waals surface area contributed by atoms with Crippen molar-refractivity contribution in [3.05, 3.63) is 41.5 Å². The van der Waals surface area contributed by atoms with Crippen molar-refractivity contribution < 1.29 is 42.5 Å². The SMILES string of the molecule is CCCCCCCCCCCCCCc1cccc2ccc(S(=O)(=O)[O-])c(CCCCCCCCCCCCCC)c12.[Na+]. The summed E-state index contributed by atoms with van der Waals surface area (Å²) in [5.74, 6) is 0. The zero-order valence-electron chi connectivity index (χ0n) is 28.4. The van der Waals surface area contributed by atoms with Crippen LogP contribution < -0.4 is 29.6 Å². The molecule has 0 saturated heterocycles. The third-order valence-corrected chi connectivity index (χ3v) is 9.97. The Kier molecular flexibility index (Phi) is 24.3. The molecule has 0 radical (unpaired) electrons. The molecule has 0 fully saturated rings. The van der Waals surface area contributed by atoms with E-state index in [9.17, 15) is 13.0 Å². The van der Waals surface area contributed by atoms with Crippen molar-refractivity contribution in [2.75, 3.05) is 0 Å². The van der Waals surface area contributed by atoms with E-state index in [2.05, 4.69) is 32.0 Å². The van der Waals surface area contributed by atoms with Gasteiger partial charge in [0.15, 0.2) is 0 Å². The summed E-state index contributed by atoms with van der Waals surface area (Å²) >= 11 is 0. The van der Waals surface area contributed by atoms with Crippen LogP contribution in [0.5, 0.6) is 0 Å². The molecule has 5 heteroatoms. The maximum Gasteiger partial charge on any atom is 1.00 e. The Morgan fingerprint density at radius 3 is 1.33 bits per heavy atom. The molecule has 0 unspecified atom stereocenters. The Bertz CT molecular complexity index is 1070. The van der Waals surface area contributed by atoms with E-state index in [0.717, 1.165) is 42.0 Å². The second kappa shape index (κ2) is 25.8. The molecule has 0 amide bonds. The van der Waals surface area contributed by atoms with Crippen molar-refractivity contribution >= 4 is 20.9 Å². The molecule has 2 aromatic carbocycles. The maximum atomic E-state index is 12.2. The van der Waals surface area contributed by atoms with E-state index in [-0.39, 0.29) is 34.5 Å². The number of benzene rings is 2. The van der Waals surface area contributed by atoms with Gasteiger partial charge in [0, 0.05) is 0 Å². The fraction of sp³-hybridized carbons (Fsp3) is 0.737. The van der Waals surface area contributed by atoms with Gasteiger partial charge in [-0.2, -0.15) is 0 Å². The Morgan fingerprint density at radius 1 is 0.512 bits per heavy atom. The summed E-state index contributed by atoms with van der Waals surface area (Å²) < 4.78 is 36.7. The third kappa shape index (κ3) is 17.8. The Balaban J connectivity index is 0.00000924. The van der Waals surface area contributed by atoms with Crippen LogP contribution >= 0.6 is 0 Å². The van der Waals surface area contributed by atoms with Crippen molar-refractivity contribution in [2.24, 2.45) is 0 Å². The summed E-state index contributed by atoms with van der Waals surface area (Å²) in [6, 6.07) is 9.67. The Labute approximate surface area is 288 Å². The predicted molar refractivity (Wildman–Crippen MR) is 181 cm³/mol. The summed E-state index contributed by atoms with van der Waals surface area (Å²) in [6.45, 7) is 4.54. The molecular formula is C38H63NaO3S. The smallest absolute Gasteiger partial charge is 0.744 e. The summed E-state index contributed by atoms with van der Waals surface area (Å²) in [7, 11) is -4.51. The van der Waals surface area contributed by atoms with Crippen LogP contribution in [-0.2, 0) is 23.0 Å². The van der Waals surface area contributed by atoms with Crippen LogP contribution in [0.25, 0.3) is 10.8 Å². The van der Waals surface area contributed by atoms with Crippen molar-refractivity contribution in [1.29, 1.82) is 0 Å². The van der Waals surface area contributed by atoms with Crippen LogP contribution in [0.2, 0.25) is 0 Å².